The van der Waals surface area contributed by atoms with Crippen LogP contribution in [0.15, 0.2) is 109 Å². The van der Waals surface area contributed by atoms with Gasteiger partial charge in [0.2, 0.25) is 0 Å². The first-order valence-corrected chi connectivity index (χ1v) is 12.9. The van der Waals surface area contributed by atoms with Crippen LogP contribution in [0.5, 0.6) is 11.5 Å². The van der Waals surface area contributed by atoms with Crippen molar-refractivity contribution in [3.63, 3.8) is 0 Å². The van der Waals surface area contributed by atoms with Crippen LogP contribution in [0.2, 0.25) is 0 Å². The Morgan fingerprint density at radius 3 is 2.40 bits per heavy atom. The van der Waals surface area contributed by atoms with Crippen LogP contribution in [0, 0.1) is 0 Å². The van der Waals surface area contributed by atoms with Gasteiger partial charge in [0.25, 0.3) is 11.8 Å². The van der Waals surface area contributed by atoms with Crippen molar-refractivity contribution in [1.29, 1.82) is 0 Å². The predicted molar refractivity (Wildman–Crippen MR) is 159 cm³/mol. The molecule has 0 aliphatic carbocycles. The number of nitrogens with zero attached hydrogens (tertiary/aromatic N) is 1. The van der Waals surface area contributed by atoms with Gasteiger partial charge >= 0.3 is 6.18 Å². The largest absolute Gasteiger partial charge is 0.486 e. The van der Waals surface area contributed by atoms with Gasteiger partial charge in [-0.15, -0.1) is 0 Å². The van der Waals surface area contributed by atoms with Crippen LogP contribution in [0.1, 0.15) is 36.8 Å². The summed E-state index contributed by atoms with van der Waals surface area (Å²) in [6.07, 6.45) is 6.44. The zero-order chi connectivity index (χ0) is 32.2. The van der Waals surface area contributed by atoms with E-state index in [9.17, 15) is 27.6 Å². The van der Waals surface area contributed by atoms with E-state index < -0.39 is 47.8 Å². The molecule has 2 amide bonds. The monoisotopic (exact) mass is 595 g/mol. The third-order valence-electron chi connectivity index (χ3n) is 5.66. The number of rotatable bonds is 14. The zero-order valence-corrected chi connectivity index (χ0v) is 23.9. The highest BCUT2D eigenvalue weighted by atomic mass is 19.4. The lowest BCUT2D eigenvalue weighted by atomic mass is 9.95. The molecule has 1 aromatic heterocycles. The first-order chi connectivity index (χ1) is 20.3. The number of carbonyl (C=O) groups excluding carboxylic acids is 3. The molecule has 3 N–H and O–H groups in total. The van der Waals surface area contributed by atoms with E-state index in [1.165, 1.54) is 42.6 Å². The number of ketones is 1. The summed E-state index contributed by atoms with van der Waals surface area (Å²) in [4.78, 5) is 40.4. The van der Waals surface area contributed by atoms with Gasteiger partial charge in [0.15, 0.2) is 12.4 Å². The minimum absolute atomic E-state index is 0.00383. The number of anilines is 1. The van der Waals surface area contributed by atoms with Gasteiger partial charge in [0.05, 0.1) is 5.56 Å². The molecule has 0 saturated carbocycles. The molecule has 226 valence electrons. The standard InChI is InChI=1S/C32H32F3N3O5/c1-6-9-12-25(26(11-8-3)21(5)43-24-15-16-37-28(18-24)30(36)40)20(4)31(41)38-22-13-14-29(27(17-22)32(33,34)35)42-19-23(39)10-7-2/h6-18,21H,1,4,19H2,2-3,5H3,(H2,36,40)(H,38,41). The molecule has 0 bridgehead atoms. The Morgan fingerprint density at radius 2 is 1.79 bits per heavy atom. The molecule has 0 fully saturated rings. The maximum absolute atomic E-state index is 13.8. The fraction of sp³-hybridized carbons (Fsp3) is 0.188. The maximum Gasteiger partial charge on any atom is 0.420 e. The number of halogens is 3. The number of hydrogen-bond acceptors (Lipinski definition) is 6. The minimum Gasteiger partial charge on any atom is -0.486 e. The number of benzene rings is 1. The van der Waals surface area contributed by atoms with Crippen molar-refractivity contribution in [2.75, 3.05) is 11.9 Å². The molecular formula is C32H32F3N3O5. The summed E-state index contributed by atoms with van der Waals surface area (Å²) in [5.74, 6) is -2.31. The van der Waals surface area contributed by atoms with Crippen molar-refractivity contribution in [2.24, 2.45) is 5.73 Å². The molecule has 1 aromatic carbocycles. The lowest BCUT2D eigenvalue weighted by Crippen LogP contribution is -2.21. The highest BCUT2D eigenvalue weighted by molar-refractivity contribution is 6.07. The van der Waals surface area contributed by atoms with E-state index in [0.717, 1.165) is 6.07 Å². The Balaban J connectivity index is 2.44. The Labute approximate surface area is 247 Å². The molecule has 8 nitrogen and oxygen atoms in total. The molecule has 1 atom stereocenters. The van der Waals surface area contributed by atoms with Gasteiger partial charge in [-0.2, -0.15) is 13.2 Å². The average molecular weight is 596 g/mol. The second-order valence-electron chi connectivity index (χ2n) is 8.86. The number of alkyl halides is 3. The number of hydrogen-bond donors (Lipinski definition) is 2. The van der Waals surface area contributed by atoms with Crippen molar-refractivity contribution in [2.45, 2.75) is 33.1 Å². The Morgan fingerprint density at radius 1 is 1.09 bits per heavy atom. The summed E-state index contributed by atoms with van der Waals surface area (Å²) in [5.41, 5.74) is 4.67. The van der Waals surface area contributed by atoms with E-state index in [2.05, 4.69) is 23.5 Å². The van der Waals surface area contributed by atoms with Crippen LogP contribution in [-0.4, -0.2) is 35.3 Å². The molecule has 0 radical (unpaired) electrons. The minimum atomic E-state index is -4.83. The van der Waals surface area contributed by atoms with Crippen molar-refractivity contribution in [3.8, 4) is 11.5 Å². The first kappa shape index (κ1) is 34.0. The quantitative estimate of drug-likeness (QED) is 0.195. The number of nitrogens with one attached hydrogen (secondary N) is 1. The summed E-state index contributed by atoms with van der Waals surface area (Å²) in [7, 11) is 0. The van der Waals surface area contributed by atoms with Crippen LogP contribution >= 0.6 is 0 Å². The third kappa shape index (κ3) is 9.99. The molecule has 0 saturated heterocycles. The number of nitrogens with two attached hydrogens (primary N) is 1. The summed E-state index contributed by atoms with van der Waals surface area (Å²) in [6.45, 7) is 12.0. The maximum atomic E-state index is 13.8. The number of aromatic nitrogens is 1. The van der Waals surface area contributed by atoms with Crippen molar-refractivity contribution < 1.29 is 37.0 Å². The van der Waals surface area contributed by atoms with E-state index in [1.807, 2.05) is 0 Å². The summed E-state index contributed by atoms with van der Waals surface area (Å²) >= 11 is 0. The number of pyridine rings is 1. The van der Waals surface area contributed by atoms with Crippen molar-refractivity contribution >= 4 is 23.3 Å². The molecule has 2 aromatic rings. The van der Waals surface area contributed by atoms with Crippen LogP contribution in [0.25, 0.3) is 0 Å². The van der Waals surface area contributed by atoms with Gasteiger partial charge < -0.3 is 20.5 Å². The molecule has 0 aliphatic heterocycles. The van der Waals surface area contributed by atoms with E-state index in [0.29, 0.717) is 17.2 Å². The SMILES string of the molecule is C=CC=CC(C(=C)C(=O)Nc1ccc(OCC(=O)C=CC)c(C(F)(F)F)c1)=C(C=CC)C(C)Oc1ccnc(C(N)=O)c1. The molecule has 1 unspecified atom stereocenters. The van der Waals surface area contributed by atoms with Gasteiger partial charge in [-0.3, -0.25) is 19.4 Å². The van der Waals surface area contributed by atoms with Gasteiger partial charge in [0.1, 0.15) is 23.3 Å². The topological polar surface area (TPSA) is 121 Å². The van der Waals surface area contributed by atoms with E-state index in [1.54, 1.807) is 45.1 Å². The second kappa shape index (κ2) is 15.7. The highest BCUT2D eigenvalue weighted by Gasteiger charge is 2.35. The van der Waals surface area contributed by atoms with Crippen molar-refractivity contribution in [1.82, 2.24) is 4.98 Å². The molecule has 43 heavy (non-hydrogen) atoms. The predicted octanol–water partition coefficient (Wildman–Crippen LogP) is 6.30. The normalized spacial score (nSPS) is 13.1. The fourth-order valence-electron chi connectivity index (χ4n) is 3.71. The molecular weight excluding hydrogens is 563 g/mol. The first-order valence-electron chi connectivity index (χ1n) is 12.9. The van der Waals surface area contributed by atoms with E-state index >= 15 is 0 Å². The van der Waals surface area contributed by atoms with Crippen LogP contribution in [-0.2, 0) is 15.8 Å². The molecule has 11 heteroatoms. The number of amides is 2. The van der Waals surface area contributed by atoms with Crippen LogP contribution < -0.4 is 20.5 Å². The van der Waals surface area contributed by atoms with E-state index in [4.69, 9.17) is 15.2 Å². The smallest absolute Gasteiger partial charge is 0.420 e. The van der Waals surface area contributed by atoms with Gasteiger partial charge in [-0.05, 0) is 62.3 Å². The Kier molecular flexibility index (Phi) is 12.4. The third-order valence-corrected chi connectivity index (χ3v) is 5.66. The molecule has 2 rings (SSSR count). The number of ether oxygens (including phenoxy) is 2. The Hall–Kier alpha value is -5.19. The number of carbonyl (C=O) groups is 3. The second-order valence-corrected chi connectivity index (χ2v) is 8.86. The zero-order valence-electron chi connectivity index (χ0n) is 23.9. The van der Waals surface area contributed by atoms with Crippen molar-refractivity contribution in [3.05, 3.63) is 120 Å². The summed E-state index contributed by atoms with van der Waals surface area (Å²) < 4.78 is 52.5. The lowest BCUT2D eigenvalue weighted by Gasteiger charge is -2.20. The Bertz CT molecular complexity index is 1500. The molecule has 1 heterocycles. The fourth-order valence-corrected chi connectivity index (χ4v) is 3.71. The summed E-state index contributed by atoms with van der Waals surface area (Å²) in [5, 5.41) is 2.44. The van der Waals surface area contributed by atoms with Gasteiger partial charge in [-0.25, -0.2) is 0 Å². The number of allylic oxidation sites excluding steroid dienone is 5. The molecule has 0 spiro atoms. The van der Waals surface area contributed by atoms with Crippen LogP contribution in [0.4, 0.5) is 18.9 Å². The van der Waals surface area contributed by atoms with Gasteiger partial charge in [0, 0.05) is 23.5 Å². The average Bonchev–Trinajstić information content (AvgIpc) is 2.95. The molecule has 0 aliphatic rings. The summed E-state index contributed by atoms with van der Waals surface area (Å²) in [6, 6.07) is 5.85. The van der Waals surface area contributed by atoms with Gasteiger partial charge in [-0.1, -0.05) is 49.6 Å². The highest BCUT2D eigenvalue weighted by Crippen LogP contribution is 2.38. The van der Waals surface area contributed by atoms with E-state index in [-0.39, 0.29) is 22.7 Å². The number of primary amides is 1. The lowest BCUT2D eigenvalue weighted by molar-refractivity contribution is -0.139. The van der Waals surface area contributed by atoms with Crippen LogP contribution in [0.3, 0.4) is 0 Å².